The molecule has 9 heteroatoms. The number of thioether (sulfide) groups is 1. The van der Waals surface area contributed by atoms with E-state index in [0.717, 1.165) is 22.2 Å². The van der Waals surface area contributed by atoms with Gasteiger partial charge < -0.3 is 19.9 Å². The molecule has 1 aliphatic rings. The smallest absolute Gasteiger partial charge is 0.293 e. The number of hydrogen-bond acceptors (Lipinski definition) is 7. The van der Waals surface area contributed by atoms with Crippen LogP contribution in [0.3, 0.4) is 0 Å². The molecule has 1 aromatic heterocycles. The van der Waals surface area contributed by atoms with Crippen molar-refractivity contribution < 1.29 is 29.0 Å². The second-order valence-electron chi connectivity index (χ2n) is 6.40. The molecule has 8 nitrogen and oxygen atoms in total. The summed E-state index contributed by atoms with van der Waals surface area (Å²) in [7, 11) is 0. The van der Waals surface area contributed by atoms with Crippen LogP contribution in [0.1, 0.15) is 17.7 Å². The maximum atomic E-state index is 12.4. The van der Waals surface area contributed by atoms with Gasteiger partial charge in [-0.2, -0.15) is 0 Å². The Morgan fingerprint density at radius 2 is 2.03 bits per heavy atom. The van der Waals surface area contributed by atoms with E-state index < -0.39 is 11.1 Å². The van der Waals surface area contributed by atoms with Crippen molar-refractivity contribution in [2.75, 3.05) is 13.1 Å². The van der Waals surface area contributed by atoms with Gasteiger partial charge in [-0.3, -0.25) is 19.3 Å². The fraction of sp³-hybridized carbons (Fsp3) is 0.190. The lowest BCUT2D eigenvalue weighted by Crippen LogP contribution is -2.34. The van der Waals surface area contributed by atoms with Crippen molar-refractivity contribution in [3.8, 4) is 11.5 Å². The zero-order valence-corrected chi connectivity index (χ0v) is 16.7. The van der Waals surface area contributed by atoms with Crippen LogP contribution in [0.5, 0.6) is 11.5 Å². The highest BCUT2D eigenvalue weighted by molar-refractivity contribution is 8.18. The molecule has 3 N–H and O–H groups in total. The van der Waals surface area contributed by atoms with Crippen molar-refractivity contribution in [1.29, 1.82) is 0 Å². The number of imide groups is 1. The standard InChI is InChI=1S/C21H20N2O6S/c24-16-7-6-14(13-17(16)25)8-10-22-19(26)9-11-23-20(27)18(30-21(23)28)5-1-3-15-4-2-12-29-15/h1-7,12-13,24-25H,8-11H2,(H,22,26). The highest BCUT2D eigenvalue weighted by atomic mass is 32.2. The number of benzene rings is 1. The molecule has 3 rings (SSSR count). The maximum absolute atomic E-state index is 12.4. The molecule has 3 amide bonds. The van der Waals surface area contributed by atoms with Gasteiger partial charge >= 0.3 is 0 Å². The molecular weight excluding hydrogens is 408 g/mol. The van der Waals surface area contributed by atoms with Gasteiger partial charge in [-0.25, -0.2) is 0 Å². The molecule has 1 aromatic carbocycles. The van der Waals surface area contributed by atoms with Crippen LogP contribution in [-0.4, -0.2) is 45.3 Å². The Bertz CT molecular complexity index is 997. The van der Waals surface area contributed by atoms with E-state index in [-0.39, 0.29) is 35.3 Å². The van der Waals surface area contributed by atoms with E-state index in [4.69, 9.17) is 4.42 Å². The fourth-order valence-electron chi connectivity index (χ4n) is 2.70. The molecule has 0 unspecified atom stereocenters. The van der Waals surface area contributed by atoms with Gasteiger partial charge in [0.15, 0.2) is 11.5 Å². The highest BCUT2D eigenvalue weighted by Crippen LogP contribution is 2.30. The molecule has 1 aliphatic heterocycles. The third-order valence-corrected chi connectivity index (χ3v) is 5.19. The number of aromatic hydroxyl groups is 2. The lowest BCUT2D eigenvalue weighted by Gasteiger charge is -2.12. The minimum absolute atomic E-state index is 0.00423. The number of nitrogens with one attached hydrogen (secondary N) is 1. The Hall–Kier alpha value is -3.46. The highest BCUT2D eigenvalue weighted by Gasteiger charge is 2.34. The minimum Gasteiger partial charge on any atom is -0.504 e. The summed E-state index contributed by atoms with van der Waals surface area (Å²) in [5.41, 5.74) is 0.754. The van der Waals surface area contributed by atoms with E-state index in [9.17, 15) is 24.6 Å². The zero-order chi connectivity index (χ0) is 21.5. The summed E-state index contributed by atoms with van der Waals surface area (Å²) in [4.78, 5) is 37.8. The molecule has 0 aliphatic carbocycles. The predicted molar refractivity (Wildman–Crippen MR) is 112 cm³/mol. The molecule has 0 spiro atoms. The molecule has 156 valence electrons. The maximum Gasteiger partial charge on any atom is 0.293 e. The van der Waals surface area contributed by atoms with Crippen molar-refractivity contribution in [2.45, 2.75) is 12.8 Å². The minimum atomic E-state index is -0.429. The Labute approximate surface area is 176 Å². The molecule has 1 saturated heterocycles. The number of furan rings is 1. The Morgan fingerprint density at radius 3 is 2.77 bits per heavy atom. The molecule has 30 heavy (non-hydrogen) atoms. The van der Waals surface area contributed by atoms with E-state index in [1.807, 2.05) is 0 Å². The Kier molecular flexibility index (Phi) is 6.97. The second kappa shape index (κ2) is 9.84. The number of phenolic OH excluding ortho intramolecular Hbond substituents is 2. The van der Waals surface area contributed by atoms with Crippen molar-refractivity contribution >= 4 is 34.9 Å². The summed E-state index contributed by atoms with van der Waals surface area (Å²) < 4.78 is 5.15. The largest absolute Gasteiger partial charge is 0.504 e. The van der Waals surface area contributed by atoms with Gasteiger partial charge in [-0.05, 0) is 60.2 Å². The number of hydrogen-bond donors (Lipinski definition) is 3. The van der Waals surface area contributed by atoms with Gasteiger partial charge in [0.2, 0.25) is 5.91 Å². The van der Waals surface area contributed by atoms with Gasteiger partial charge in [0.1, 0.15) is 5.76 Å². The Balaban J connectivity index is 1.44. The normalized spacial score (nSPS) is 15.5. The van der Waals surface area contributed by atoms with Crippen molar-refractivity contribution in [2.24, 2.45) is 0 Å². The van der Waals surface area contributed by atoms with E-state index in [2.05, 4.69) is 5.32 Å². The van der Waals surface area contributed by atoms with Gasteiger partial charge in [-0.1, -0.05) is 12.1 Å². The number of nitrogens with zero attached hydrogens (tertiary/aromatic N) is 1. The predicted octanol–water partition coefficient (Wildman–Crippen LogP) is 3.03. The summed E-state index contributed by atoms with van der Waals surface area (Å²) in [5, 5.41) is 21.0. The summed E-state index contributed by atoms with van der Waals surface area (Å²) >= 11 is 0.829. The van der Waals surface area contributed by atoms with E-state index in [0.29, 0.717) is 18.7 Å². The topological polar surface area (TPSA) is 120 Å². The molecular formula is C21H20N2O6S. The van der Waals surface area contributed by atoms with Crippen molar-refractivity contribution in [3.63, 3.8) is 0 Å². The number of carbonyl (C=O) groups is 3. The summed E-state index contributed by atoms with van der Waals surface area (Å²) in [6.07, 6.45) is 6.84. The molecule has 0 bridgehead atoms. The van der Waals surface area contributed by atoms with E-state index in [1.54, 1.807) is 36.4 Å². The molecule has 0 saturated carbocycles. The van der Waals surface area contributed by atoms with Crippen LogP contribution in [0, 0.1) is 0 Å². The number of amides is 3. The van der Waals surface area contributed by atoms with E-state index >= 15 is 0 Å². The van der Waals surface area contributed by atoms with Crippen LogP contribution in [0.2, 0.25) is 0 Å². The first-order valence-electron chi connectivity index (χ1n) is 9.17. The molecule has 2 heterocycles. The lowest BCUT2D eigenvalue weighted by atomic mass is 10.1. The number of phenols is 2. The molecule has 2 aromatic rings. The Morgan fingerprint density at radius 1 is 1.20 bits per heavy atom. The van der Waals surface area contributed by atoms with Crippen LogP contribution in [0.4, 0.5) is 4.79 Å². The zero-order valence-electron chi connectivity index (χ0n) is 15.9. The number of allylic oxidation sites excluding steroid dienone is 2. The molecule has 0 atom stereocenters. The second-order valence-corrected chi connectivity index (χ2v) is 7.40. The van der Waals surface area contributed by atoms with Crippen LogP contribution in [0.25, 0.3) is 6.08 Å². The van der Waals surface area contributed by atoms with Crippen molar-refractivity contribution in [1.82, 2.24) is 10.2 Å². The third kappa shape index (κ3) is 5.54. The van der Waals surface area contributed by atoms with Gasteiger partial charge in [0.05, 0.1) is 11.2 Å². The van der Waals surface area contributed by atoms with Gasteiger partial charge in [-0.15, -0.1) is 0 Å². The average molecular weight is 428 g/mol. The number of carbonyl (C=O) groups excluding carboxylic acids is 3. The summed E-state index contributed by atoms with van der Waals surface area (Å²) in [6.45, 7) is 0.318. The first-order valence-corrected chi connectivity index (χ1v) is 9.99. The molecule has 1 fully saturated rings. The van der Waals surface area contributed by atoms with Crippen LogP contribution in [0.15, 0.2) is 58.1 Å². The van der Waals surface area contributed by atoms with Gasteiger partial charge in [0, 0.05) is 19.5 Å². The van der Waals surface area contributed by atoms with Gasteiger partial charge in [0.25, 0.3) is 11.1 Å². The molecule has 0 radical (unpaired) electrons. The van der Waals surface area contributed by atoms with Crippen molar-refractivity contribution in [3.05, 3.63) is 65.0 Å². The SMILES string of the molecule is O=C(CCN1C(=O)SC(=CC=Cc2ccco2)C1=O)NCCc1ccc(O)c(O)c1. The summed E-state index contributed by atoms with van der Waals surface area (Å²) in [6, 6.07) is 7.96. The van der Waals surface area contributed by atoms with E-state index in [1.165, 1.54) is 18.4 Å². The quantitative estimate of drug-likeness (QED) is 0.437. The fourth-order valence-corrected chi connectivity index (χ4v) is 3.51. The van der Waals surface area contributed by atoms with Crippen LogP contribution >= 0.6 is 11.8 Å². The van der Waals surface area contributed by atoms with Crippen LogP contribution < -0.4 is 5.32 Å². The monoisotopic (exact) mass is 428 g/mol. The third-order valence-electron chi connectivity index (χ3n) is 4.26. The average Bonchev–Trinajstić information content (AvgIpc) is 3.32. The first kappa shape index (κ1) is 21.3. The van der Waals surface area contributed by atoms with Crippen LogP contribution in [-0.2, 0) is 16.0 Å². The summed E-state index contributed by atoms with van der Waals surface area (Å²) in [5.74, 6) is -0.513. The number of rotatable bonds is 8. The lowest BCUT2D eigenvalue weighted by molar-refractivity contribution is -0.124. The first-order chi connectivity index (χ1) is 14.4.